The number of esters is 4. The first-order valence-electron chi connectivity index (χ1n) is 39.8. The summed E-state index contributed by atoms with van der Waals surface area (Å²) in [4.78, 5) is 72.8. The zero-order valence-electron chi connectivity index (χ0n) is 63.0. The minimum absolute atomic E-state index is 0.105. The molecule has 0 aliphatic heterocycles. The molecule has 0 aromatic rings. The second kappa shape index (κ2) is 66.3. The number of phosphoric ester groups is 2. The van der Waals surface area contributed by atoms with Gasteiger partial charge in [0.2, 0.25) is 0 Å². The lowest BCUT2D eigenvalue weighted by Crippen LogP contribution is -2.30. The first-order chi connectivity index (χ1) is 46.2. The second-order valence-corrected chi connectivity index (χ2v) is 32.1. The van der Waals surface area contributed by atoms with E-state index in [0.717, 1.165) is 120 Å². The molecular weight excluding hydrogens is 1260 g/mol. The number of hydrogen-bond acceptors (Lipinski definition) is 15. The molecule has 0 radical (unpaired) electrons. The molecule has 3 N–H and O–H groups in total. The van der Waals surface area contributed by atoms with Crippen LogP contribution in [0.1, 0.15) is 389 Å². The summed E-state index contributed by atoms with van der Waals surface area (Å²) in [6, 6.07) is 0. The number of ether oxygens (including phenoxy) is 4. The van der Waals surface area contributed by atoms with Crippen LogP contribution in [0.3, 0.4) is 0 Å². The van der Waals surface area contributed by atoms with Crippen molar-refractivity contribution in [1.29, 1.82) is 0 Å². The smallest absolute Gasteiger partial charge is 0.462 e. The van der Waals surface area contributed by atoms with E-state index in [1.165, 1.54) is 186 Å². The fourth-order valence-electron chi connectivity index (χ4n) is 11.7. The third-order valence-electron chi connectivity index (χ3n) is 18.5. The number of aliphatic hydroxyl groups is 1. The van der Waals surface area contributed by atoms with Crippen molar-refractivity contribution in [1.82, 2.24) is 0 Å². The summed E-state index contributed by atoms with van der Waals surface area (Å²) in [5.41, 5.74) is 0. The SMILES string of the molecule is CCC(C)CCCCCCCCCCCCC(=O)O[C@H](COC(=O)CCCCCCCCC(C)CC)COP(=O)(O)OC[C@H](O)COP(=O)(O)OC[C@@H](COC(=O)CCCCCCCCCCC(C)C)OC(=O)CCCCCCCCCCCCCCCCCCCCC(C)C. The van der Waals surface area contributed by atoms with E-state index in [2.05, 4.69) is 55.4 Å². The van der Waals surface area contributed by atoms with Crippen LogP contribution < -0.4 is 0 Å². The normalized spacial score (nSPS) is 14.7. The van der Waals surface area contributed by atoms with Crippen molar-refractivity contribution in [3.05, 3.63) is 0 Å². The van der Waals surface area contributed by atoms with Crippen molar-refractivity contribution in [2.24, 2.45) is 23.7 Å². The monoisotopic (exact) mass is 1410 g/mol. The quantitative estimate of drug-likeness (QED) is 0.0222. The molecule has 0 amide bonds. The summed E-state index contributed by atoms with van der Waals surface area (Å²) in [6.07, 6.45) is 51.4. The van der Waals surface area contributed by atoms with Crippen LogP contribution in [0.4, 0.5) is 0 Å². The zero-order valence-corrected chi connectivity index (χ0v) is 64.8. The predicted octanol–water partition coefficient (Wildman–Crippen LogP) is 22.4. The van der Waals surface area contributed by atoms with Gasteiger partial charge in [0.05, 0.1) is 26.4 Å². The van der Waals surface area contributed by atoms with Crippen molar-refractivity contribution < 1.29 is 80.2 Å². The first-order valence-corrected chi connectivity index (χ1v) is 42.8. The van der Waals surface area contributed by atoms with Crippen molar-refractivity contribution in [2.75, 3.05) is 39.6 Å². The Morgan fingerprint density at radius 3 is 0.740 bits per heavy atom. The van der Waals surface area contributed by atoms with Crippen molar-refractivity contribution >= 4 is 39.5 Å². The topological polar surface area (TPSA) is 237 Å². The standard InChI is InChI=1S/C77H150O17P2/c1-9-69(7)55-47-39-31-24-21-22-26-34-44-52-60-77(82)94-73(64-88-75(80)58-50-42-36-35-40-48-56-70(8)10-2)66-92-96(85,86)90-62-71(78)61-89-95(83,84)91-65-72(63-87-74(79)57-49-41-32-28-27-30-38-46-54-68(5)6)93-76(81)59-51-43-33-25-20-18-16-14-12-11-13-15-17-19-23-29-37-45-53-67(3)4/h67-73,78H,9-66H2,1-8H3,(H,83,84)(H,85,86)/t69?,70?,71-,72-,73-/m1/s1. The van der Waals surface area contributed by atoms with Gasteiger partial charge in [0.25, 0.3) is 0 Å². The molecule has 0 aliphatic rings. The Hall–Kier alpha value is -1.94. The van der Waals surface area contributed by atoms with Crippen LogP contribution in [0.15, 0.2) is 0 Å². The van der Waals surface area contributed by atoms with Gasteiger partial charge in [0.15, 0.2) is 12.2 Å². The molecule has 0 saturated carbocycles. The van der Waals surface area contributed by atoms with Crippen LogP contribution in [-0.2, 0) is 65.4 Å². The number of unbranched alkanes of at least 4 members (excludes halogenated alkanes) is 38. The third kappa shape index (κ3) is 67.9. The Morgan fingerprint density at radius 1 is 0.292 bits per heavy atom. The highest BCUT2D eigenvalue weighted by Gasteiger charge is 2.30. The number of aliphatic hydroxyl groups excluding tert-OH is 1. The zero-order chi connectivity index (χ0) is 71.0. The van der Waals surface area contributed by atoms with E-state index in [-0.39, 0.29) is 25.7 Å². The average Bonchev–Trinajstić information content (AvgIpc) is 1.65. The largest absolute Gasteiger partial charge is 0.472 e. The van der Waals surface area contributed by atoms with Gasteiger partial charge in [-0.15, -0.1) is 0 Å². The lowest BCUT2D eigenvalue weighted by Gasteiger charge is -2.21. The van der Waals surface area contributed by atoms with E-state index in [9.17, 15) is 43.2 Å². The summed E-state index contributed by atoms with van der Waals surface area (Å²) in [7, 11) is -9.91. The third-order valence-corrected chi connectivity index (χ3v) is 20.4. The van der Waals surface area contributed by atoms with Crippen LogP contribution in [0.2, 0.25) is 0 Å². The van der Waals surface area contributed by atoms with Gasteiger partial charge in [-0.2, -0.15) is 0 Å². The predicted molar refractivity (Wildman–Crippen MR) is 391 cm³/mol. The fourth-order valence-corrected chi connectivity index (χ4v) is 13.2. The summed E-state index contributed by atoms with van der Waals surface area (Å²) < 4.78 is 68.5. The van der Waals surface area contributed by atoms with Gasteiger partial charge in [-0.05, 0) is 49.4 Å². The maximum Gasteiger partial charge on any atom is 0.472 e. The molecule has 4 unspecified atom stereocenters. The number of rotatable bonds is 74. The number of carbonyl (C=O) groups excluding carboxylic acids is 4. The lowest BCUT2D eigenvalue weighted by atomic mass is 9.99. The van der Waals surface area contributed by atoms with Gasteiger partial charge < -0.3 is 33.8 Å². The minimum Gasteiger partial charge on any atom is -0.462 e. The summed E-state index contributed by atoms with van der Waals surface area (Å²) in [5.74, 6) is 0.958. The molecule has 19 heteroatoms. The van der Waals surface area contributed by atoms with E-state index < -0.39 is 97.5 Å². The molecular formula is C77H150O17P2. The van der Waals surface area contributed by atoms with E-state index in [1.807, 2.05) is 0 Å². The van der Waals surface area contributed by atoms with Crippen molar-refractivity contribution in [2.45, 2.75) is 408 Å². The molecule has 0 saturated heterocycles. The Bertz CT molecular complexity index is 1890. The summed E-state index contributed by atoms with van der Waals surface area (Å²) in [5, 5.41) is 10.6. The first kappa shape index (κ1) is 94.1. The van der Waals surface area contributed by atoms with Gasteiger partial charge in [-0.1, -0.05) is 338 Å². The Morgan fingerprint density at radius 2 is 0.500 bits per heavy atom. The van der Waals surface area contributed by atoms with Crippen LogP contribution in [0.5, 0.6) is 0 Å². The van der Waals surface area contributed by atoms with Gasteiger partial charge in [-0.3, -0.25) is 37.3 Å². The van der Waals surface area contributed by atoms with Crippen molar-refractivity contribution in [3.8, 4) is 0 Å². The Labute approximate surface area is 588 Å². The highest BCUT2D eigenvalue weighted by atomic mass is 31.2. The molecule has 96 heavy (non-hydrogen) atoms. The van der Waals surface area contributed by atoms with Crippen LogP contribution in [-0.4, -0.2) is 96.7 Å². The molecule has 0 rings (SSSR count). The fraction of sp³-hybridized carbons (Fsp3) is 0.948. The maximum atomic E-state index is 13.1. The summed E-state index contributed by atoms with van der Waals surface area (Å²) in [6.45, 7) is 14.2. The van der Waals surface area contributed by atoms with Gasteiger partial charge in [0.1, 0.15) is 19.3 Å². The highest BCUT2D eigenvalue weighted by molar-refractivity contribution is 7.47. The molecule has 0 fully saturated rings. The number of hydrogen-bond donors (Lipinski definition) is 3. The molecule has 0 aromatic heterocycles. The maximum absolute atomic E-state index is 13.1. The van der Waals surface area contributed by atoms with Gasteiger partial charge in [-0.25, -0.2) is 9.13 Å². The summed E-state index contributed by atoms with van der Waals surface area (Å²) >= 11 is 0. The molecule has 0 spiro atoms. The highest BCUT2D eigenvalue weighted by Crippen LogP contribution is 2.45. The molecule has 17 nitrogen and oxygen atoms in total. The minimum atomic E-state index is -4.96. The molecule has 0 aliphatic carbocycles. The van der Waals surface area contributed by atoms with Gasteiger partial charge >= 0.3 is 39.5 Å². The van der Waals surface area contributed by atoms with E-state index in [0.29, 0.717) is 25.7 Å². The number of phosphoric acid groups is 2. The van der Waals surface area contributed by atoms with Gasteiger partial charge in [0, 0.05) is 25.7 Å². The van der Waals surface area contributed by atoms with E-state index in [1.54, 1.807) is 0 Å². The molecule has 0 aromatic carbocycles. The van der Waals surface area contributed by atoms with Crippen LogP contribution in [0, 0.1) is 23.7 Å². The van der Waals surface area contributed by atoms with Crippen molar-refractivity contribution in [3.63, 3.8) is 0 Å². The van der Waals surface area contributed by atoms with E-state index >= 15 is 0 Å². The second-order valence-electron chi connectivity index (χ2n) is 29.2. The molecule has 0 heterocycles. The number of carbonyl (C=O) groups is 4. The molecule has 570 valence electrons. The lowest BCUT2D eigenvalue weighted by molar-refractivity contribution is -0.161. The Kier molecular flexibility index (Phi) is 65.0. The van der Waals surface area contributed by atoms with E-state index in [4.69, 9.17) is 37.0 Å². The average molecular weight is 1410 g/mol. The van der Waals surface area contributed by atoms with Crippen LogP contribution >= 0.6 is 15.6 Å². The van der Waals surface area contributed by atoms with Crippen LogP contribution in [0.25, 0.3) is 0 Å². The Balaban J connectivity index is 5.20. The molecule has 7 atom stereocenters. The molecule has 0 bridgehead atoms.